The van der Waals surface area contributed by atoms with E-state index in [1.807, 2.05) is 0 Å². The summed E-state index contributed by atoms with van der Waals surface area (Å²) in [6.45, 7) is 5.08. The third kappa shape index (κ3) is 7.89. The highest BCUT2D eigenvalue weighted by Crippen LogP contribution is 2.01. The normalized spacial score (nSPS) is 12.3. The first kappa shape index (κ1) is 16.7. The molecule has 0 spiro atoms. The summed E-state index contributed by atoms with van der Waals surface area (Å²) in [6.07, 6.45) is 0.323. The van der Waals surface area contributed by atoms with Crippen LogP contribution < -0.4 is 5.32 Å². The fourth-order valence-electron chi connectivity index (χ4n) is 1.32. The molecule has 0 aromatic heterocycles. The highest BCUT2D eigenvalue weighted by molar-refractivity contribution is 5.74. The van der Waals surface area contributed by atoms with Crippen molar-refractivity contribution in [2.45, 2.75) is 32.8 Å². The second kappa shape index (κ2) is 8.74. The summed E-state index contributed by atoms with van der Waals surface area (Å²) in [5.41, 5.74) is 0. The van der Waals surface area contributed by atoms with Crippen molar-refractivity contribution in [1.82, 2.24) is 10.2 Å². The second-order valence-corrected chi connectivity index (χ2v) is 4.75. The standard InChI is InChI=1S/C12H24N2O4/c1-9(2)5-6-14(3)12(17)13-8-10(18-4)7-11(15)16/h9-10H,5-8H2,1-4H3,(H,13,17)(H,15,16). The van der Waals surface area contributed by atoms with E-state index >= 15 is 0 Å². The van der Waals surface area contributed by atoms with E-state index in [9.17, 15) is 9.59 Å². The number of rotatable bonds is 8. The van der Waals surface area contributed by atoms with Crippen LogP contribution in [0.5, 0.6) is 0 Å². The second-order valence-electron chi connectivity index (χ2n) is 4.75. The van der Waals surface area contributed by atoms with Crippen LogP contribution in [-0.2, 0) is 9.53 Å². The molecule has 6 nitrogen and oxygen atoms in total. The predicted octanol–water partition coefficient (Wildman–Crippen LogP) is 1.16. The summed E-state index contributed by atoms with van der Waals surface area (Å²) in [5, 5.41) is 11.3. The fourth-order valence-corrected chi connectivity index (χ4v) is 1.32. The van der Waals surface area contributed by atoms with E-state index in [1.165, 1.54) is 7.11 Å². The van der Waals surface area contributed by atoms with E-state index in [2.05, 4.69) is 19.2 Å². The molecule has 1 atom stereocenters. The van der Waals surface area contributed by atoms with E-state index in [0.29, 0.717) is 12.5 Å². The number of aliphatic carboxylic acids is 1. The molecule has 0 bridgehead atoms. The molecule has 6 heteroatoms. The Hall–Kier alpha value is -1.30. The first-order chi connectivity index (χ1) is 8.36. The average Bonchev–Trinajstić information content (AvgIpc) is 2.30. The molecule has 106 valence electrons. The van der Waals surface area contributed by atoms with Crippen LogP contribution in [0.1, 0.15) is 26.7 Å². The summed E-state index contributed by atoms with van der Waals surface area (Å²) in [6, 6.07) is -0.205. The lowest BCUT2D eigenvalue weighted by Crippen LogP contribution is -2.42. The topological polar surface area (TPSA) is 78.9 Å². The van der Waals surface area contributed by atoms with Gasteiger partial charge in [-0.3, -0.25) is 4.79 Å². The number of nitrogens with one attached hydrogen (secondary N) is 1. The molecule has 1 unspecified atom stereocenters. The van der Waals surface area contributed by atoms with Gasteiger partial charge in [0.05, 0.1) is 12.5 Å². The minimum Gasteiger partial charge on any atom is -0.481 e. The van der Waals surface area contributed by atoms with Gasteiger partial charge in [-0.05, 0) is 12.3 Å². The summed E-state index contributed by atoms with van der Waals surface area (Å²) >= 11 is 0. The van der Waals surface area contributed by atoms with Gasteiger partial charge in [-0.15, -0.1) is 0 Å². The number of carboxylic acid groups (broad SMARTS) is 1. The summed E-state index contributed by atoms with van der Waals surface area (Å²) in [4.78, 5) is 23.8. The van der Waals surface area contributed by atoms with Crippen molar-refractivity contribution < 1.29 is 19.4 Å². The van der Waals surface area contributed by atoms with Crippen molar-refractivity contribution in [2.24, 2.45) is 5.92 Å². The molecule has 0 heterocycles. The number of carbonyl (C=O) groups excluding carboxylic acids is 1. The molecule has 0 aliphatic carbocycles. The number of carboxylic acids is 1. The molecule has 0 aliphatic heterocycles. The molecule has 0 radical (unpaired) electrons. The largest absolute Gasteiger partial charge is 0.481 e. The molecule has 18 heavy (non-hydrogen) atoms. The fraction of sp³-hybridized carbons (Fsp3) is 0.833. The van der Waals surface area contributed by atoms with Gasteiger partial charge in [0.15, 0.2) is 0 Å². The lowest BCUT2D eigenvalue weighted by Gasteiger charge is -2.21. The van der Waals surface area contributed by atoms with Crippen LogP contribution in [0.3, 0.4) is 0 Å². The van der Waals surface area contributed by atoms with Gasteiger partial charge < -0.3 is 20.1 Å². The Bertz CT molecular complexity index is 269. The van der Waals surface area contributed by atoms with Crippen molar-refractivity contribution in [3.05, 3.63) is 0 Å². The minimum absolute atomic E-state index is 0.119. The van der Waals surface area contributed by atoms with Crippen LogP contribution in [0.25, 0.3) is 0 Å². The monoisotopic (exact) mass is 260 g/mol. The number of ether oxygens (including phenoxy) is 1. The summed E-state index contributed by atoms with van der Waals surface area (Å²) in [7, 11) is 3.15. The third-order valence-corrected chi connectivity index (χ3v) is 2.61. The van der Waals surface area contributed by atoms with Crippen LogP contribution in [0, 0.1) is 5.92 Å². The van der Waals surface area contributed by atoms with Crippen LogP contribution in [0.4, 0.5) is 4.79 Å². The SMILES string of the molecule is COC(CNC(=O)N(C)CCC(C)C)CC(=O)O. The van der Waals surface area contributed by atoms with E-state index in [1.54, 1.807) is 11.9 Å². The molecular weight excluding hydrogens is 236 g/mol. The first-order valence-electron chi connectivity index (χ1n) is 6.10. The first-order valence-corrected chi connectivity index (χ1v) is 6.10. The van der Waals surface area contributed by atoms with Gasteiger partial charge in [-0.2, -0.15) is 0 Å². The van der Waals surface area contributed by atoms with Gasteiger partial charge in [-0.25, -0.2) is 4.79 Å². The highest BCUT2D eigenvalue weighted by atomic mass is 16.5. The number of hydrogen-bond acceptors (Lipinski definition) is 3. The highest BCUT2D eigenvalue weighted by Gasteiger charge is 2.15. The Balaban J connectivity index is 3.95. The Labute approximate surface area is 108 Å². The van der Waals surface area contributed by atoms with Crippen molar-refractivity contribution in [3.8, 4) is 0 Å². The van der Waals surface area contributed by atoms with Gasteiger partial charge in [-0.1, -0.05) is 13.8 Å². The smallest absolute Gasteiger partial charge is 0.317 e. The molecule has 0 aromatic carbocycles. The summed E-state index contributed by atoms with van der Waals surface area (Å²) in [5.74, 6) is -0.400. The maximum absolute atomic E-state index is 11.7. The van der Waals surface area contributed by atoms with E-state index in [4.69, 9.17) is 9.84 Å². The van der Waals surface area contributed by atoms with Crippen molar-refractivity contribution >= 4 is 12.0 Å². The lowest BCUT2D eigenvalue weighted by atomic mass is 10.1. The van der Waals surface area contributed by atoms with Crippen LogP contribution in [0.15, 0.2) is 0 Å². The van der Waals surface area contributed by atoms with Gasteiger partial charge in [0.25, 0.3) is 0 Å². The Morgan fingerprint density at radius 3 is 2.44 bits per heavy atom. The van der Waals surface area contributed by atoms with Crippen LogP contribution >= 0.6 is 0 Å². The number of amides is 2. The average molecular weight is 260 g/mol. The van der Waals surface area contributed by atoms with Crippen molar-refractivity contribution in [2.75, 3.05) is 27.2 Å². The number of urea groups is 1. The molecule has 0 saturated carbocycles. The third-order valence-electron chi connectivity index (χ3n) is 2.61. The zero-order valence-corrected chi connectivity index (χ0v) is 11.6. The number of carbonyl (C=O) groups is 2. The van der Waals surface area contributed by atoms with Crippen molar-refractivity contribution in [3.63, 3.8) is 0 Å². The Morgan fingerprint density at radius 2 is 2.00 bits per heavy atom. The Morgan fingerprint density at radius 1 is 1.39 bits per heavy atom. The van der Waals surface area contributed by atoms with E-state index in [0.717, 1.165) is 6.42 Å². The number of hydrogen-bond donors (Lipinski definition) is 2. The molecule has 0 saturated heterocycles. The Kier molecular flexibility index (Phi) is 8.11. The van der Waals surface area contributed by atoms with Gasteiger partial charge in [0.2, 0.25) is 0 Å². The minimum atomic E-state index is -0.940. The molecule has 2 N–H and O–H groups in total. The number of nitrogens with zero attached hydrogens (tertiary/aromatic N) is 1. The summed E-state index contributed by atoms with van der Waals surface area (Å²) < 4.78 is 4.98. The lowest BCUT2D eigenvalue weighted by molar-refractivity contribution is -0.139. The van der Waals surface area contributed by atoms with Gasteiger partial charge in [0, 0.05) is 27.2 Å². The van der Waals surface area contributed by atoms with Crippen LogP contribution in [0.2, 0.25) is 0 Å². The maximum atomic E-state index is 11.7. The zero-order chi connectivity index (χ0) is 14.1. The van der Waals surface area contributed by atoms with Crippen molar-refractivity contribution in [1.29, 1.82) is 0 Å². The number of methoxy groups -OCH3 is 1. The molecule has 0 rings (SSSR count). The molecule has 2 amide bonds. The molecule has 0 aromatic rings. The molecule has 0 aliphatic rings. The maximum Gasteiger partial charge on any atom is 0.317 e. The van der Waals surface area contributed by atoms with Crippen LogP contribution in [-0.4, -0.2) is 55.4 Å². The molecular formula is C12H24N2O4. The zero-order valence-electron chi connectivity index (χ0n) is 11.6. The van der Waals surface area contributed by atoms with Gasteiger partial charge in [0.1, 0.15) is 0 Å². The predicted molar refractivity (Wildman–Crippen MR) is 68.5 cm³/mol. The van der Waals surface area contributed by atoms with E-state index in [-0.39, 0.29) is 19.0 Å². The van der Waals surface area contributed by atoms with E-state index < -0.39 is 12.1 Å². The molecule has 0 fully saturated rings. The van der Waals surface area contributed by atoms with Gasteiger partial charge >= 0.3 is 12.0 Å². The quantitative estimate of drug-likeness (QED) is 0.686.